The van der Waals surface area contributed by atoms with Gasteiger partial charge in [0.25, 0.3) is 0 Å². The van der Waals surface area contributed by atoms with Gasteiger partial charge in [0.15, 0.2) is 6.29 Å². The largest absolute Gasteiger partial charge is 0.496 e. The van der Waals surface area contributed by atoms with E-state index in [1.165, 1.54) is 25.3 Å². The Hall–Kier alpha value is -2.23. The molecule has 0 radical (unpaired) electrons. The first-order valence-corrected chi connectivity index (χ1v) is 5.24. The summed E-state index contributed by atoms with van der Waals surface area (Å²) in [5.74, 6) is -0.935. The van der Waals surface area contributed by atoms with E-state index in [1.54, 1.807) is 12.1 Å². The highest BCUT2D eigenvalue weighted by Gasteiger charge is 2.09. The Balaban J connectivity index is 2.54. The van der Waals surface area contributed by atoms with E-state index in [1.807, 2.05) is 0 Å². The Bertz CT molecular complexity index is 594. The van der Waals surface area contributed by atoms with Crippen molar-refractivity contribution in [2.45, 2.75) is 0 Å². The Kier molecular flexibility index (Phi) is 3.37. The van der Waals surface area contributed by atoms with Crippen LogP contribution >= 0.6 is 0 Å². The molecule has 0 N–H and O–H groups in total. The fraction of sp³-hybridized carbons (Fsp3) is 0.0714. The van der Waals surface area contributed by atoms with Crippen LogP contribution in [0.3, 0.4) is 0 Å². The van der Waals surface area contributed by atoms with Gasteiger partial charge in [-0.1, -0.05) is 6.07 Å². The van der Waals surface area contributed by atoms with Crippen LogP contribution in [0, 0.1) is 11.6 Å². The third kappa shape index (κ3) is 2.22. The number of benzene rings is 2. The maximum absolute atomic E-state index is 13.6. The number of ether oxygens (including phenoxy) is 1. The van der Waals surface area contributed by atoms with Crippen LogP contribution in [0.15, 0.2) is 36.4 Å². The molecule has 0 aliphatic heterocycles. The van der Waals surface area contributed by atoms with Gasteiger partial charge in [-0.3, -0.25) is 4.79 Å². The highest BCUT2D eigenvalue weighted by Crippen LogP contribution is 2.28. The van der Waals surface area contributed by atoms with Crippen molar-refractivity contribution < 1.29 is 18.3 Å². The lowest BCUT2D eigenvalue weighted by molar-refractivity contribution is 0.112. The lowest BCUT2D eigenvalue weighted by atomic mass is 10.0. The predicted octanol–water partition coefficient (Wildman–Crippen LogP) is 3.45. The second kappa shape index (κ2) is 4.96. The smallest absolute Gasteiger partial charge is 0.153 e. The Morgan fingerprint density at radius 2 is 1.89 bits per heavy atom. The summed E-state index contributed by atoms with van der Waals surface area (Å²) in [7, 11) is 1.42. The average Bonchev–Trinajstić information content (AvgIpc) is 2.38. The molecule has 2 aromatic carbocycles. The van der Waals surface area contributed by atoms with Gasteiger partial charge in [-0.05, 0) is 29.8 Å². The number of carbonyl (C=O) groups is 1. The quantitative estimate of drug-likeness (QED) is 0.777. The molecule has 0 saturated heterocycles. The minimum absolute atomic E-state index is 0.257. The summed E-state index contributed by atoms with van der Waals surface area (Å²) in [5, 5.41) is 0. The van der Waals surface area contributed by atoms with Crippen LogP contribution in [0.1, 0.15) is 10.4 Å². The monoisotopic (exact) mass is 248 g/mol. The number of hydrogen-bond donors (Lipinski definition) is 0. The van der Waals surface area contributed by atoms with E-state index in [-0.39, 0.29) is 5.56 Å². The van der Waals surface area contributed by atoms with Gasteiger partial charge in [-0.2, -0.15) is 0 Å². The second-order valence-corrected chi connectivity index (χ2v) is 3.70. The SMILES string of the molecule is COc1cc(-c2ccc(F)cc2F)ccc1C=O. The van der Waals surface area contributed by atoms with Crippen molar-refractivity contribution in [2.75, 3.05) is 7.11 Å². The zero-order chi connectivity index (χ0) is 13.1. The summed E-state index contributed by atoms with van der Waals surface area (Å²) >= 11 is 0. The van der Waals surface area contributed by atoms with Crippen molar-refractivity contribution >= 4 is 6.29 Å². The van der Waals surface area contributed by atoms with E-state index in [4.69, 9.17) is 4.74 Å². The number of hydrogen-bond acceptors (Lipinski definition) is 2. The molecule has 0 aromatic heterocycles. The normalized spacial score (nSPS) is 10.2. The Morgan fingerprint density at radius 3 is 2.50 bits per heavy atom. The fourth-order valence-electron chi connectivity index (χ4n) is 1.70. The second-order valence-electron chi connectivity index (χ2n) is 3.70. The molecule has 0 amide bonds. The van der Waals surface area contributed by atoms with Crippen LogP contribution in [0.4, 0.5) is 8.78 Å². The summed E-state index contributed by atoms with van der Waals surface area (Å²) in [5.41, 5.74) is 1.16. The number of methoxy groups -OCH3 is 1. The van der Waals surface area contributed by atoms with E-state index in [0.29, 0.717) is 23.2 Å². The molecular formula is C14H10F2O2. The predicted molar refractivity (Wildman–Crippen MR) is 63.7 cm³/mol. The molecule has 0 saturated carbocycles. The third-order valence-corrected chi connectivity index (χ3v) is 2.60. The van der Waals surface area contributed by atoms with Crippen molar-refractivity contribution in [1.29, 1.82) is 0 Å². The van der Waals surface area contributed by atoms with Gasteiger partial charge in [-0.25, -0.2) is 8.78 Å². The molecule has 4 heteroatoms. The van der Waals surface area contributed by atoms with Crippen LogP contribution in [0.2, 0.25) is 0 Å². The molecule has 0 atom stereocenters. The minimum Gasteiger partial charge on any atom is -0.496 e. The number of aldehydes is 1. The first-order chi connectivity index (χ1) is 8.65. The summed E-state index contributed by atoms with van der Waals surface area (Å²) in [6.07, 6.45) is 0.656. The molecule has 2 nitrogen and oxygen atoms in total. The van der Waals surface area contributed by atoms with Crippen LogP contribution in [0.25, 0.3) is 11.1 Å². The molecule has 0 spiro atoms. The van der Waals surface area contributed by atoms with E-state index in [0.717, 1.165) is 6.07 Å². The first-order valence-electron chi connectivity index (χ1n) is 5.24. The molecule has 0 aliphatic rings. The Labute approximate surface area is 103 Å². The lowest BCUT2D eigenvalue weighted by Crippen LogP contribution is -1.92. The van der Waals surface area contributed by atoms with E-state index in [2.05, 4.69) is 0 Å². The van der Waals surface area contributed by atoms with Crippen molar-refractivity contribution in [2.24, 2.45) is 0 Å². The van der Waals surface area contributed by atoms with Gasteiger partial charge in [0, 0.05) is 11.6 Å². The third-order valence-electron chi connectivity index (χ3n) is 2.60. The number of carbonyl (C=O) groups excluding carboxylic acids is 1. The van der Waals surface area contributed by atoms with Gasteiger partial charge in [0.05, 0.1) is 12.7 Å². The molecule has 2 aromatic rings. The van der Waals surface area contributed by atoms with Gasteiger partial charge in [0.1, 0.15) is 17.4 Å². The maximum atomic E-state index is 13.6. The van der Waals surface area contributed by atoms with Crippen LogP contribution in [-0.2, 0) is 0 Å². The molecule has 92 valence electrons. The Morgan fingerprint density at radius 1 is 1.11 bits per heavy atom. The van der Waals surface area contributed by atoms with E-state index in [9.17, 15) is 13.6 Å². The minimum atomic E-state index is -0.657. The fourth-order valence-corrected chi connectivity index (χ4v) is 1.70. The zero-order valence-corrected chi connectivity index (χ0v) is 9.61. The molecule has 0 unspecified atom stereocenters. The van der Waals surface area contributed by atoms with Crippen LogP contribution in [0.5, 0.6) is 5.75 Å². The van der Waals surface area contributed by atoms with Crippen molar-refractivity contribution in [3.8, 4) is 16.9 Å². The molecule has 18 heavy (non-hydrogen) atoms. The molecular weight excluding hydrogens is 238 g/mol. The average molecular weight is 248 g/mol. The molecule has 0 fully saturated rings. The van der Waals surface area contributed by atoms with Gasteiger partial charge < -0.3 is 4.74 Å². The summed E-state index contributed by atoms with van der Waals surface area (Å²) < 4.78 is 31.5. The van der Waals surface area contributed by atoms with Gasteiger partial charge in [0.2, 0.25) is 0 Å². The molecule has 2 rings (SSSR count). The molecule has 0 bridgehead atoms. The highest BCUT2D eigenvalue weighted by molar-refractivity contribution is 5.82. The number of halogens is 2. The van der Waals surface area contributed by atoms with Crippen molar-refractivity contribution in [3.05, 3.63) is 53.6 Å². The van der Waals surface area contributed by atoms with Crippen LogP contribution < -0.4 is 4.74 Å². The standard InChI is InChI=1S/C14H10F2O2/c1-18-14-6-9(2-3-10(14)8-17)12-5-4-11(15)7-13(12)16/h2-8H,1H3. The van der Waals surface area contributed by atoms with Gasteiger partial charge >= 0.3 is 0 Å². The molecule has 0 heterocycles. The van der Waals surface area contributed by atoms with Crippen molar-refractivity contribution in [3.63, 3.8) is 0 Å². The summed E-state index contributed by atoms with van der Waals surface area (Å²) in [4.78, 5) is 10.7. The topological polar surface area (TPSA) is 26.3 Å². The zero-order valence-electron chi connectivity index (χ0n) is 9.61. The summed E-state index contributed by atoms with van der Waals surface area (Å²) in [6.45, 7) is 0. The lowest BCUT2D eigenvalue weighted by Gasteiger charge is -2.08. The summed E-state index contributed by atoms with van der Waals surface area (Å²) in [6, 6.07) is 8.00. The first kappa shape index (κ1) is 12.2. The number of rotatable bonds is 3. The van der Waals surface area contributed by atoms with E-state index >= 15 is 0 Å². The molecule has 0 aliphatic carbocycles. The van der Waals surface area contributed by atoms with Gasteiger partial charge in [-0.15, -0.1) is 0 Å². The van der Waals surface area contributed by atoms with E-state index < -0.39 is 11.6 Å². The maximum Gasteiger partial charge on any atom is 0.153 e. The van der Waals surface area contributed by atoms with Crippen molar-refractivity contribution in [1.82, 2.24) is 0 Å². The highest BCUT2D eigenvalue weighted by atomic mass is 19.1. The van der Waals surface area contributed by atoms with Crippen LogP contribution in [-0.4, -0.2) is 13.4 Å².